The monoisotopic (exact) mass is 682 g/mol. The van der Waals surface area contributed by atoms with Crippen LogP contribution in [0.1, 0.15) is 93.9 Å². The number of methoxy groups -OCH3 is 1. The van der Waals surface area contributed by atoms with E-state index in [-0.39, 0.29) is 51.8 Å². The molecule has 0 radical (unpaired) electrons. The normalized spacial score (nSPS) is 22.2. The third kappa shape index (κ3) is 11.8. The van der Waals surface area contributed by atoms with Crippen molar-refractivity contribution < 1.29 is 23.2 Å². The molecule has 0 aromatic heterocycles. The molecule has 1 aliphatic rings. The van der Waals surface area contributed by atoms with Gasteiger partial charge in [-0.15, -0.1) is 11.8 Å². The van der Waals surface area contributed by atoms with Gasteiger partial charge >= 0.3 is 5.97 Å². The Balaban J connectivity index is 3.40. The lowest BCUT2D eigenvalue weighted by atomic mass is 9.89. The molecule has 1 aliphatic carbocycles. The summed E-state index contributed by atoms with van der Waals surface area (Å²) in [6.45, 7) is 26.7. The molecule has 1 rings (SSSR count). The average molecular weight is 684 g/mol. The van der Waals surface area contributed by atoms with Gasteiger partial charge in [-0.25, -0.2) is 0 Å². The molecule has 0 N–H and O–H groups in total. The van der Waals surface area contributed by atoms with Crippen LogP contribution in [-0.2, 0) is 23.2 Å². The highest BCUT2D eigenvalue weighted by Gasteiger charge is 2.47. The van der Waals surface area contributed by atoms with Crippen molar-refractivity contribution >= 4 is 44.3 Å². The third-order valence-electron chi connectivity index (χ3n) is 9.48. The second kappa shape index (κ2) is 16.4. The molecule has 8 heteroatoms. The number of ether oxygens (including phenoxy) is 1. The molecule has 1 saturated carbocycles. The van der Waals surface area contributed by atoms with E-state index in [1.54, 1.807) is 0 Å². The highest BCUT2D eigenvalue weighted by atomic mass is 79.9. The molecule has 0 amide bonds. The first-order chi connectivity index (χ1) is 19.2. The Bertz CT molecular complexity index is 1020. The van der Waals surface area contributed by atoms with Crippen molar-refractivity contribution in [3.63, 3.8) is 0 Å². The van der Waals surface area contributed by atoms with Gasteiger partial charge in [0.2, 0.25) is 0 Å². The zero-order valence-electron chi connectivity index (χ0n) is 28.8. The Morgan fingerprint density at radius 2 is 1.69 bits per heavy atom. The molecule has 0 aliphatic heterocycles. The van der Waals surface area contributed by atoms with E-state index in [9.17, 15) is 9.59 Å². The van der Waals surface area contributed by atoms with Gasteiger partial charge in [0.1, 0.15) is 5.78 Å². The Morgan fingerprint density at radius 3 is 2.21 bits per heavy atom. The highest BCUT2D eigenvalue weighted by molar-refractivity contribution is 9.11. The van der Waals surface area contributed by atoms with Gasteiger partial charge < -0.3 is 13.6 Å². The number of rotatable bonds is 14. The number of unbranched alkanes of at least 4 members (excludes halogenated alkanes) is 1. The van der Waals surface area contributed by atoms with Gasteiger partial charge in [-0.2, -0.15) is 0 Å². The lowest BCUT2D eigenvalue weighted by molar-refractivity contribution is -0.140. The first kappa shape index (κ1) is 39.0. The van der Waals surface area contributed by atoms with E-state index in [0.717, 1.165) is 17.3 Å². The molecule has 0 unspecified atom stereocenters. The minimum Gasteiger partial charge on any atom is -0.469 e. The van der Waals surface area contributed by atoms with Crippen LogP contribution in [0.3, 0.4) is 0 Å². The zero-order valence-corrected chi connectivity index (χ0v) is 32.4. The summed E-state index contributed by atoms with van der Waals surface area (Å²) in [6, 6.07) is 0. The lowest BCUT2D eigenvalue weighted by Gasteiger charge is -2.40. The maximum atomic E-state index is 13.6. The molecule has 0 spiro atoms. The number of esters is 1. The van der Waals surface area contributed by atoms with Gasteiger partial charge in [0.05, 0.1) is 19.3 Å². The molecule has 0 aromatic carbocycles. The molecule has 0 aromatic rings. The Kier molecular flexibility index (Phi) is 15.2. The van der Waals surface area contributed by atoms with Gasteiger partial charge in [-0.05, 0) is 72.9 Å². The Morgan fingerprint density at radius 1 is 1.10 bits per heavy atom. The fourth-order valence-corrected chi connectivity index (χ4v) is 7.80. The van der Waals surface area contributed by atoms with Crippen molar-refractivity contribution in [2.75, 3.05) is 7.11 Å². The number of ketones is 1. The molecule has 240 valence electrons. The van der Waals surface area contributed by atoms with E-state index in [0.29, 0.717) is 25.7 Å². The molecule has 0 bridgehead atoms. The smallest absolute Gasteiger partial charge is 0.305 e. The second-order valence-corrected chi connectivity index (χ2v) is 25.5. The molecule has 0 heterocycles. The third-order valence-corrected chi connectivity index (χ3v) is 19.1. The molecule has 1 fully saturated rings. The van der Waals surface area contributed by atoms with E-state index in [1.165, 1.54) is 7.11 Å². The standard InChI is InChI=1S/C34H59BrO5Si2/c1-14-15-18-25(2)30(39-41(10,11)33(3,4)5)22-21-27-28(23-26(35)19-16-17-20-32(37)38-9)29(36)24-31(27)40-42(12,13)34(6,7)8/h19,21-22,25,27-28,30-31H,16-18,20,23-24H2,1-13H3/b22-21+,26-19-/t25-,27+,28+,30+,31+/m0/s1. The summed E-state index contributed by atoms with van der Waals surface area (Å²) >= 11 is 3.74. The van der Waals surface area contributed by atoms with Crippen LogP contribution in [0.5, 0.6) is 0 Å². The van der Waals surface area contributed by atoms with Crippen LogP contribution in [0.15, 0.2) is 22.7 Å². The molecule has 5 atom stereocenters. The number of allylic oxidation sites excluding steroid dienone is 2. The quantitative estimate of drug-likeness (QED) is 0.0600. The largest absolute Gasteiger partial charge is 0.469 e. The summed E-state index contributed by atoms with van der Waals surface area (Å²) in [4.78, 5) is 25.0. The van der Waals surface area contributed by atoms with Crippen LogP contribution >= 0.6 is 15.9 Å². The molecule has 0 saturated heterocycles. The topological polar surface area (TPSA) is 61.8 Å². The summed E-state index contributed by atoms with van der Waals surface area (Å²) in [7, 11) is -2.75. The van der Waals surface area contributed by atoms with E-state index in [4.69, 9.17) is 13.6 Å². The highest BCUT2D eigenvalue weighted by Crippen LogP contribution is 2.44. The van der Waals surface area contributed by atoms with Gasteiger partial charge in [-0.3, -0.25) is 9.59 Å². The summed E-state index contributed by atoms with van der Waals surface area (Å²) in [5.41, 5.74) is 0. The molecule has 42 heavy (non-hydrogen) atoms. The summed E-state index contributed by atoms with van der Waals surface area (Å²) in [5, 5.41) is 0.127. The van der Waals surface area contributed by atoms with Crippen molar-refractivity contribution in [2.45, 2.75) is 142 Å². The first-order valence-corrected chi connectivity index (χ1v) is 22.2. The van der Waals surface area contributed by atoms with Crippen molar-refractivity contribution in [1.29, 1.82) is 0 Å². The number of hydrogen-bond donors (Lipinski definition) is 0. The predicted molar refractivity (Wildman–Crippen MR) is 185 cm³/mol. The fourth-order valence-electron chi connectivity index (χ4n) is 4.52. The van der Waals surface area contributed by atoms with Crippen molar-refractivity contribution in [3.8, 4) is 11.8 Å². The minimum atomic E-state index is -2.11. The van der Waals surface area contributed by atoms with Gasteiger partial charge in [0, 0.05) is 31.1 Å². The summed E-state index contributed by atoms with van der Waals surface area (Å²) < 4.78 is 19.6. The predicted octanol–water partition coefficient (Wildman–Crippen LogP) is 9.59. The van der Waals surface area contributed by atoms with Gasteiger partial charge in [-0.1, -0.05) is 82.6 Å². The fraction of sp³-hybridized carbons (Fsp3) is 0.765. The Labute approximate surface area is 268 Å². The number of Topliss-reactive ketones (excluding diaryl/α,β-unsaturated/α-hetero) is 1. The van der Waals surface area contributed by atoms with Crippen LogP contribution in [0.2, 0.25) is 36.3 Å². The van der Waals surface area contributed by atoms with E-state index < -0.39 is 16.6 Å². The summed E-state index contributed by atoms with van der Waals surface area (Å²) in [5.74, 6) is 6.34. The molecular formula is C34H59BrO5Si2. The van der Waals surface area contributed by atoms with Crippen LogP contribution in [-0.4, -0.2) is 47.7 Å². The van der Waals surface area contributed by atoms with Gasteiger partial charge in [0.15, 0.2) is 16.6 Å². The number of carbonyl (C=O) groups is 2. The first-order valence-electron chi connectivity index (χ1n) is 15.5. The van der Waals surface area contributed by atoms with Crippen LogP contribution in [0, 0.1) is 29.6 Å². The number of carbonyl (C=O) groups excluding carboxylic acids is 2. The lowest BCUT2D eigenvalue weighted by Crippen LogP contribution is -2.45. The SMILES string of the molecule is CC#CC[C@H](C)[C@@H](/C=C/[C@H]1[C@H](O[Si](C)(C)C(C)(C)C)CC(=O)[C@@H]1C/C(Br)=C/CCCC(=O)OC)O[Si](C)(C)C(C)(C)C. The molecule has 5 nitrogen and oxygen atoms in total. The minimum absolute atomic E-state index is 0.0439. The molecular weight excluding hydrogens is 624 g/mol. The van der Waals surface area contributed by atoms with Crippen molar-refractivity contribution in [3.05, 3.63) is 22.7 Å². The van der Waals surface area contributed by atoms with Crippen molar-refractivity contribution in [2.24, 2.45) is 17.8 Å². The number of halogens is 1. The average Bonchev–Trinajstić information content (AvgIpc) is 3.13. The van der Waals surface area contributed by atoms with Crippen molar-refractivity contribution in [1.82, 2.24) is 0 Å². The maximum Gasteiger partial charge on any atom is 0.305 e. The van der Waals surface area contributed by atoms with Crippen LogP contribution in [0.4, 0.5) is 0 Å². The summed E-state index contributed by atoms with van der Waals surface area (Å²) in [6.07, 6.45) is 9.96. The maximum absolute atomic E-state index is 13.6. The van der Waals surface area contributed by atoms with E-state index >= 15 is 0 Å². The zero-order chi connectivity index (χ0) is 32.5. The van der Waals surface area contributed by atoms with E-state index in [2.05, 4.69) is 121 Å². The van der Waals surface area contributed by atoms with E-state index in [1.807, 2.05) is 6.92 Å². The second-order valence-electron chi connectivity index (χ2n) is 14.9. The Hall–Kier alpha value is -0.986. The number of hydrogen-bond acceptors (Lipinski definition) is 5. The van der Waals surface area contributed by atoms with Crippen LogP contribution in [0.25, 0.3) is 0 Å². The van der Waals surface area contributed by atoms with Gasteiger partial charge in [0.25, 0.3) is 0 Å². The van der Waals surface area contributed by atoms with Crippen LogP contribution < -0.4 is 0 Å².